The molecule has 0 aliphatic rings. The van der Waals surface area contributed by atoms with E-state index in [0.29, 0.717) is 23.9 Å². The summed E-state index contributed by atoms with van der Waals surface area (Å²) in [5, 5.41) is 0. The van der Waals surface area contributed by atoms with Crippen molar-refractivity contribution in [3.8, 4) is 17.2 Å². The van der Waals surface area contributed by atoms with Crippen LogP contribution in [-0.2, 0) is 9.84 Å². The summed E-state index contributed by atoms with van der Waals surface area (Å²) >= 11 is 0. The van der Waals surface area contributed by atoms with Crippen LogP contribution in [0.3, 0.4) is 0 Å². The van der Waals surface area contributed by atoms with Gasteiger partial charge in [-0.15, -0.1) is 0 Å². The van der Waals surface area contributed by atoms with Crippen molar-refractivity contribution in [2.45, 2.75) is 6.92 Å². The van der Waals surface area contributed by atoms with Gasteiger partial charge in [0.05, 0.1) is 20.8 Å². The Bertz CT molecular complexity index is 591. The zero-order chi connectivity index (χ0) is 15.3. The van der Waals surface area contributed by atoms with Crippen molar-refractivity contribution in [3.63, 3.8) is 0 Å². The van der Waals surface area contributed by atoms with Crippen LogP contribution in [0.5, 0.6) is 17.2 Å². The van der Waals surface area contributed by atoms with Gasteiger partial charge in [0.25, 0.3) is 0 Å². The maximum Gasteiger partial charge on any atom is 0.203 e. The number of benzene rings is 1. The van der Waals surface area contributed by atoms with Crippen LogP contribution in [0.4, 0.5) is 0 Å². The largest absolute Gasteiger partial charge is 0.493 e. The first-order valence-electron chi connectivity index (χ1n) is 5.92. The number of hydrogen-bond donors (Lipinski definition) is 0. The predicted octanol–water partition coefficient (Wildman–Crippen LogP) is 1.33. The van der Waals surface area contributed by atoms with Crippen molar-refractivity contribution in [1.29, 1.82) is 0 Å². The predicted molar refractivity (Wildman–Crippen MR) is 74.8 cm³/mol. The molecule has 0 saturated carbocycles. The van der Waals surface area contributed by atoms with E-state index in [0.717, 1.165) is 6.26 Å². The molecule has 1 rings (SSSR count). The summed E-state index contributed by atoms with van der Waals surface area (Å²) in [7, 11) is -0.509. The average molecular weight is 302 g/mol. The standard InChI is InChI=1S/C13H18O6S/c1-5-19-12-7-9(10(14)8-20(4,15)16)6-11(17-2)13(12)18-3/h6-7H,5,8H2,1-4H3. The second-order valence-corrected chi connectivity index (χ2v) is 6.28. The molecule has 0 fully saturated rings. The van der Waals surface area contributed by atoms with E-state index in [9.17, 15) is 13.2 Å². The minimum atomic E-state index is -3.39. The summed E-state index contributed by atoms with van der Waals surface area (Å²) in [6, 6.07) is 2.90. The third-order valence-electron chi connectivity index (χ3n) is 2.46. The lowest BCUT2D eigenvalue weighted by atomic mass is 10.1. The molecule has 0 spiro atoms. The zero-order valence-electron chi connectivity index (χ0n) is 11.9. The van der Waals surface area contributed by atoms with Crippen molar-refractivity contribution in [1.82, 2.24) is 0 Å². The molecule has 0 atom stereocenters. The van der Waals surface area contributed by atoms with Gasteiger partial charge in [-0.25, -0.2) is 8.42 Å². The third-order valence-corrected chi connectivity index (χ3v) is 3.25. The van der Waals surface area contributed by atoms with E-state index in [1.54, 1.807) is 6.92 Å². The van der Waals surface area contributed by atoms with Crippen molar-refractivity contribution in [2.24, 2.45) is 0 Å². The molecule has 0 radical (unpaired) electrons. The fraction of sp³-hybridized carbons (Fsp3) is 0.462. The fourth-order valence-corrected chi connectivity index (χ4v) is 2.32. The molecule has 1 aromatic rings. The monoisotopic (exact) mass is 302 g/mol. The van der Waals surface area contributed by atoms with E-state index in [2.05, 4.69) is 0 Å². The van der Waals surface area contributed by atoms with Crippen molar-refractivity contribution in [3.05, 3.63) is 17.7 Å². The lowest BCUT2D eigenvalue weighted by Crippen LogP contribution is -2.15. The van der Waals surface area contributed by atoms with Gasteiger partial charge in [0.2, 0.25) is 5.75 Å². The molecule has 0 amide bonds. The van der Waals surface area contributed by atoms with E-state index in [1.165, 1.54) is 26.4 Å². The average Bonchev–Trinajstić information content (AvgIpc) is 2.36. The van der Waals surface area contributed by atoms with E-state index < -0.39 is 21.4 Å². The van der Waals surface area contributed by atoms with Gasteiger partial charge in [0.15, 0.2) is 27.1 Å². The topological polar surface area (TPSA) is 78.9 Å². The van der Waals surface area contributed by atoms with Gasteiger partial charge in [0, 0.05) is 11.8 Å². The number of ketones is 1. The van der Waals surface area contributed by atoms with E-state index >= 15 is 0 Å². The third kappa shape index (κ3) is 4.12. The highest BCUT2D eigenvalue weighted by Crippen LogP contribution is 2.38. The molecule has 0 bridgehead atoms. The molecular weight excluding hydrogens is 284 g/mol. The Balaban J connectivity index is 3.28. The highest BCUT2D eigenvalue weighted by atomic mass is 32.2. The molecule has 0 saturated heterocycles. The van der Waals surface area contributed by atoms with Gasteiger partial charge < -0.3 is 14.2 Å². The van der Waals surface area contributed by atoms with Crippen molar-refractivity contribution < 1.29 is 27.4 Å². The second kappa shape index (κ2) is 6.60. The second-order valence-electron chi connectivity index (χ2n) is 4.14. The Morgan fingerprint density at radius 1 is 1.15 bits per heavy atom. The van der Waals surface area contributed by atoms with Crippen molar-refractivity contribution in [2.75, 3.05) is 32.8 Å². The number of carbonyl (C=O) groups is 1. The SMILES string of the molecule is CCOc1cc(C(=O)CS(C)(=O)=O)cc(OC)c1OC. The lowest BCUT2D eigenvalue weighted by molar-refractivity contribution is 0.102. The molecule has 0 aliphatic heterocycles. The molecule has 0 heterocycles. The first-order chi connectivity index (χ1) is 9.32. The van der Waals surface area contributed by atoms with E-state index in [-0.39, 0.29) is 5.56 Å². The van der Waals surface area contributed by atoms with Gasteiger partial charge in [-0.1, -0.05) is 0 Å². The highest BCUT2D eigenvalue weighted by molar-refractivity contribution is 7.91. The quantitative estimate of drug-likeness (QED) is 0.707. The molecule has 0 aliphatic carbocycles. The lowest BCUT2D eigenvalue weighted by Gasteiger charge is -2.14. The van der Waals surface area contributed by atoms with Crippen LogP contribution in [0.25, 0.3) is 0 Å². The Morgan fingerprint density at radius 2 is 1.75 bits per heavy atom. The number of Topliss-reactive ketones (excluding diaryl/α,β-unsaturated/α-hetero) is 1. The Labute approximate surface area is 118 Å². The van der Waals surface area contributed by atoms with E-state index in [4.69, 9.17) is 14.2 Å². The first kappa shape index (κ1) is 16.3. The molecule has 1 aromatic carbocycles. The summed E-state index contributed by atoms with van der Waals surface area (Å²) in [5.74, 6) is -0.0604. The van der Waals surface area contributed by atoms with Crippen LogP contribution < -0.4 is 14.2 Å². The van der Waals surface area contributed by atoms with Gasteiger partial charge >= 0.3 is 0 Å². The van der Waals surface area contributed by atoms with Gasteiger partial charge in [-0.3, -0.25) is 4.79 Å². The Kier molecular flexibility index (Phi) is 5.38. The van der Waals surface area contributed by atoms with Crippen LogP contribution >= 0.6 is 0 Å². The summed E-state index contributed by atoms with van der Waals surface area (Å²) in [6.07, 6.45) is 1.01. The van der Waals surface area contributed by atoms with Crippen LogP contribution in [0.1, 0.15) is 17.3 Å². The number of sulfone groups is 1. The summed E-state index contributed by atoms with van der Waals surface area (Å²) < 4.78 is 38.1. The molecule has 20 heavy (non-hydrogen) atoms. The minimum absolute atomic E-state index is 0.205. The number of carbonyl (C=O) groups excluding carboxylic acids is 1. The molecule has 112 valence electrons. The number of ether oxygens (including phenoxy) is 3. The maximum atomic E-state index is 12.0. The molecule has 0 unspecified atom stereocenters. The van der Waals surface area contributed by atoms with Crippen molar-refractivity contribution >= 4 is 15.6 Å². The van der Waals surface area contributed by atoms with Gasteiger partial charge in [-0.2, -0.15) is 0 Å². The number of rotatable bonds is 7. The van der Waals surface area contributed by atoms with Crippen LogP contribution in [0.2, 0.25) is 0 Å². The normalized spacial score (nSPS) is 11.0. The summed E-state index contributed by atoms with van der Waals surface area (Å²) in [6.45, 7) is 2.17. The van der Waals surface area contributed by atoms with Gasteiger partial charge in [0.1, 0.15) is 5.75 Å². The number of methoxy groups -OCH3 is 2. The fourth-order valence-electron chi connectivity index (χ4n) is 1.67. The number of hydrogen-bond acceptors (Lipinski definition) is 6. The Hall–Kier alpha value is -1.76. The van der Waals surface area contributed by atoms with Gasteiger partial charge in [-0.05, 0) is 19.1 Å². The molecule has 0 N–H and O–H groups in total. The highest BCUT2D eigenvalue weighted by Gasteiger charge is 2.19. The van der Waals surface area contributed by atoms with Crippen LogP contribution in [-0.4, -0.2) is 47.0 Å². The summed E-state index contributed by atoms with van der Waals surface area (Å²) in [4.78, 5) is 12.0. The molecule has 6 nitrogen and oxygen atoms in total. The zero-order valence-corrected chi connectivity index (χ0v) is 12.7. The summed E-state index contributed by atoms with van der Waals surface area (Å²) in [5.41, 5.74) is 0.205. The smallest absolute Gasteiger partial charge is 0.203 e. The minimum Gasteiger partial charge on any atom is -0.493 e. The Morgan fingerprint density at radius 3 is 2.20 bits per heavy atom. The molecular formula is C13H18O6S. The molecule has 0 aromatic heterocycles. The van der Waals surface area contributed by atoms with Crippen LogP contribution in [0.15, 0.2) is 12.1 Å². The maximum absolute atomic E-state index is 12.0. The first-order valence-corrected chi connectivity index (χ1v) is 7.98. The van der Waals surface area contributed by atoms with E-state index in [1.807, 2.05) is 0 Å². The molecule has 7 heteroatoms. The van der Waals surface area contributed by atoms with Crippen LogP contribution in [0, 0.1) is 0 Å².